The van der Waals surface area contributed by atoms with Crippen LogP contribution in [0.1, 0.15) is 36.1 Å². The van der Waals surface area contributed by atoms with Crippen molar-refractivity contribution in [3.8, 4) is 0 Å². The van der Waals surface area contributed by atoms with Crippen LogP contribution in [0.4, 0.5) is 10.1 Å². The van der Waals surface area contributed by atoms with Gasteiger partial charge < -0.3 is 5.32 Å². The van der Waals surface area contributed by atoms with Crippen molar-refractivity contribution in [1.29, 1.82) is 0 Å². The van der Waals surface area contributed by atoms with Crippen LogP contribution in [-0.4, -0.2) is 15.9 Å². The lowest BCUT2D eigenvalue weighted by Gasteiger charge is -2.09. The third-order valence-corrected chi connectivity index (χ3v) is 3.44. The van der Waals surface area contributed by atoms with E-state index in [0.717, 1.165) is 0 Å². The van der Waals surface area contributed by atoms with Crippen molar-refractivity contribution in [2.45, 2.75) is 19.8 Å². The van der Waals surface area contributed by atoms with Crippen LogP contribution in [0.5, 0.6) is 0 Å². The number of rotatable bonds is 3. The minimum absolute atomic E-state index is 0.0256. The summed E-state index contributed by atoms with van der Waals surface area (Å²) in [7, 11) is 0. The third-order valence-electron chi connectivity index (χ3n) is 2.67. The van der Waals surface area contributed by atoms with Crippen LogP contribution >= 0.6 is 27.5 Å². The molecule has 0 aliphatic rings. The Hall–Kier alpha value is -1.53. The number of carbonyl (C=O) groups is 1. The second-order valence-corrected chi connectivity index (χ2v) is 5.98. The van der Waals surface area contributed by atoms with Crippen molar-refractivity contribution in [2.75, 3.05) is 5.32 Å². The zero-order valence-corrected chi connectivity index (χ0v) is 13.7. The van der Waals surface area contributed by atoms with Gasteiger partial charge in [-0.2, -0.15) is 0 Å². The summed E-state index contributed by atoms with van der Waals surface area (Å²) in [5, 5.41) is 2.57. The minimum atomic E-state index is -0.578. The van der Waals surface area contributed by atoms with Gasteiger partial charge in [0.15, 0.2) is 5.69 Å². The molecule has 0 aliphatic heterocycles. The Morgan fingerprint density at radius 2 is 2.14 bits per heavy atom. The van der Waals surface area contributed by atoms with Gasteiger partial charge in [0.1, 0.15) is 11.6 Å². The fourth-order valence-electron chi connectivity index (χ4n) is 1.59. The summed E-state index contributed by atoms with van der Waals surface area (Å²) in [6.45, 7) is 3.80. The van der Waals surface area contributed by atoms with Gasteiger partial charge in [0.2, 0.25) is 0 Å². The molecule has 0 spiro atoms. The average Bonchev–Trinajstić information content (AvgIpc) is 2.42. The Morgan fingerprint density at radius 3 is 2.76 bits per heavy atom. The van der Waals surface area contributed by atoms with Gasteiger partial charge in [-0.1, -0.05) is 41.4 Å². The molecular weight excluding hydrogens is 361 g/mol. The Balaban J connectivity index is 2.30. The molecule has 7 heteroatoms. The third kappa shape index (κ3) is 3.77. The maximum absolute atomic E-state index is 13.7. The highest BCUT2D eigenvalue weighted by Crippen LogP contribution is 2.22. The van der Waals surface area contributed by atoms with Crippen LogP contribution < -0.4 is 5.32 Å². The molecule has 0 unspecified atom stereocenters. The zero-order valence-electron chi connectivity index (χ0n) is 11.3. The van der Waals surface area contributed by atoms with E-state index in [4.69, 9.17) is 11.6 Å². The summed E-state index contributed by atoms with van der Waals surface area (Å²) in [6, 6.07) is 4.34. The molecule has 0 radical (unpaired) electrons. The van der Waals surface area contributed by atoms with Gasteiger partial charge in [0.05, 0.1) is 16.9 Å². The standard InChI is InChI=1S/C14H12BrClFN3O/c1-7(2)13-18-6-9(16)12(20-13)14(21)19-11-4-3-8(15)5-10(11)17/h3-7H,1-2H3,(H,19,21). The van der Waals surface area contributed by atoms with Gasteiger partial charge in [0, 0.05) is 10.4 Å². The summed E-state index contributed by atoms with van der Waals surface area (Å²) < 4.78 is 14.3. The molecule has 110 valence electrons. The molecule has 0 fully saturated rings. The first-order chi connectivity index (χ1) is 9.88. The van der Waals surface area contributed by atoms with Crippen molar-refractivity contribution in [2.24, 2.45) is 0 Å². The molecule has 1 aromatic heterocycles. The lowest BCUT2D eigenvalue weighted by Crippen LogP contribution is -2.17. The highest BCUT2D eigenvalue weighted by molar-refractivity contribution is 9.10. The van der Waals surface area contributed by atoms with Gasteiger partial charge in [-0.15, -0.1) is 0 Å². The zero-order chi connectivity index (χ0) is 15.6. The van der Waals surface area contributed by atoms with Crippen molar-refractivity contribution in [3.05, 3.63) is 51.2 Å². The van der Waals surface area contributed by atoms with Crippen LogP contribution in [-0.2, 0) is 0 Å². The first-order valence-electron chi connectivity index (χ1n) is 6.17. The van der Waals surface area contributed by atoms with Crippen LogP contribution in [0.15, 0.2) is 28.9 Å². The van der Waals surface area contributed by atoms with E-state index in [0.29, 0.717) is 10.3 Å². The fourth-order valence-corrected chi connectivity index (χ4v) is 2.10. The summed E-state index contributed by atoms with van der Waals surface area (Å²) in [4.78, 5) is 20.4. The first-order valence-corrected chi connectivity index (χ1v) is 7.34. The molecular formula is C14H12BrClFN3O. The number of halogens is 3. The van der Waals surface area contributed by atoms with E-state index in [9.17, 15) is 9.18 Å². The predicted molar refractivity (Wildman–Crippen MR) is 83.2 cm³/mol. The van der Waals surface area contributed by atoms with Gasteiger partial charge in [0.25, 0.3) is 5.91 Å². The maximum atomic E-state index is 13.7. The smallest absolute Gasteiger partial charge is 0.276 e. The monoisotopic (exact) mass is 371 g/mol. The normalized spacial score (nSPS) is 10.8. The molecule has 0 saturated heterocycles. The van der Waals surface area contributed by atoms with E-state index in [-0.39, 0.29) is 22.3 Å². The number of anilines is 1. The van der Waals surface area contributed by atoms with Crippen LogP contribution in [0.3, 0.4) is 0 Å². The highest BCUT2D eigenvalue weighted by Gasteiger charge is 2.17. The fraction of sp³-hybridized carbons (Fsp3) is 0.214. The molecule has 1 N–H and O–H groups in total. The van der Waals surface area contributed by atoms with E-state index in [1.807, 2.05) is 13.8 Å². The second-order valence-electron chi connectivity index (χ2n) is 4.66. The van der Waals surface area contributed by atoms with Crippen LogP contribution in [0, 0.1) is 5.82 Å². The number of hydrogen-bond acceptors (Lipinski definition) is 3. The van der Waals surface area contributed by atoms with Gasteiger partial charge in [-0.3, -0.25) is 4.79 Å². The average molecular weight is 373 g/mol. The molecule has 21 heavy (non-hydrogen) atoms. The molecule has 1 amide bonds. The molecule has 1 heterocycles. The predicted octanol–water partition coefficient (Wildman–Crippen LogP) is 4.41. The SMILES string of the molecule is CC(C)c1ncc(Cl)c(C(=O)Nc2ccc(Br)cc2F)n1. The Kier molecular flexibility index (Phi) is 4.90. The molecule has 2 rings (SSSR count). The Bertz CT molecular complexity index is 694. The van der Waals surface area contributed by atoms with Crippen molar-refractivity contribution >= 4 is 39.1 Å². The molecule has 0 atom stereocenters. The molecule has 0 aliphatic carbocycles. The number of aromatic nitrogens is 2. The van der Waals surface area contributed by atoms with Crippen molar-refractivity contribution < 1.29 is 9.18 Å². The summed E-state index contributed by atoms with van der Waals surface area (Å²) >= 11 is 9.09. The number of amides is 1. The number of benzene rings is 1. The number of nitrogens with zero attached hydrogens (tertiary/aromatic N) is 2. The molecule has 4 nitrogen and oxygen atoms in total. The second kappa shape index (κ2) is 6.49. The number of carbonyl (C=O) groups excluding carboxylic acids is 1. The van der Waals surface area contributed by atoms with Gasteiger partial charge in [-0.25, -0.2) is 14.4 Å². The summed E-state index contributed by atoms with van der Waals surface area (Å²) in [5.74, 6) is -0.573. The van der Waals surface area contributed by atoms with Gasteiger partial charge >= 0.3 is 0 Å². The Morgan fingerprint density at radius 1 is 1.43 bits per heavy atom. The molecule has 1 aromatic carbocycles. The van der Waals surface area contributed by atoms with E-state index in [2.05, 4.69) is 31.2 Å². The largest absolute Gasteiger partial charge is 0.318 e. The van der Waals surface area contributed by atoms with Crippen LogP contribution in [0.2, 0.25) is 5.02 Å². The van der Waals surface area contributed by atoms with E-state index in [1.165, 1.54) is 18.3 Å². The van der Waals surface area contributed by atoms with E-state index >= 15 is 0 Å². The Labute approximate surface area is 134 Å². The summed E-state index contributed by atoms with van der Waals surface area (Å²) in [5.41, 5.74) is 0.0849. The van der Waals surface area contributed by atoms with Crippen molar-refractivity contribution in [3.63, 3.8) is 0 Å². The number of nitrogens with one attached hydrogen (secondary N) is 1. The van der Waals surface area contributed by atoms with E-state index in [1.54, 1.807) is 6.07 Å². The molecule has 2 aromatic rings. The topological polar surface area (TPSA) is 54.9 Å². The first kappa shape index (κ1) is 15.9. The summed E-state index contributed by atoms with van der Waals surface area (Å²) in [6.07, 6.45) is 1.37. The molecule has 0 bridgehead atoms. The quantitative estimate of drug-likeness (QED) is 0.868. The minimum Gasteiger partial charge on any atom is -0.318 e. The lowest BCUT2D eigenvalue weighted by molar-refractivity contribution is 0.102. The lowest BCUT2D eigenvalue weighted by atomic mass is 10.2. The van der Waals surface area contributed by atoms with E-state index < -0.39 is 11.7 Å². The van der Waals surface area contributed by atoms with Crippen LogP contribution in [0.25, 0.3) is 0 Å². The highest BCUT2D eigenvalue weighted by atomic mass is 79.9. The van der Waals surface area contributed by atoms with Gasteiger partial charge in [-0.05, 0) is 18.2 Å². The van der Waals surface area contributed by atoms with Crippen molar-refractivity contribution in [1.82, 2.24) is 9.97 Å². The maximum Gasteiger partial charge on any atom is 0.276 e. The molecule has 0 saturated carbocycles. The number of hydrogen-bond donors (Lipinski definition) is 1.